The highest BCUT2D eigenvalue weighted by Crippen LogP contribution is 2.25. The second-order valence-electron chi connectivity index (χ2n) is 8.49. The molecule has 0 N–H and O–H groups in total. The predicted octanol–water partition coefficient (Wildman–Crippen LogP) is 7.66. The highest BCUT2D eigenvalue weighted by atomic mass is 32.1. The van der Waals surface area contributed by atoms with Crippen molar-refractivity contribution in [3.8, 4) is 11.5 Å². The molecule has 2 aromatic carbocycles. The normalized spacial score (nSPS) is 13.0. The third kappa shape index (κ3) is 7.66. The third-order valence-corrected chi connectivity index (χ3v) is 8.49. The van der Waals surface area contributed by atoms with Gasteiger partial charge in [-0.1, -0.05) is 36.4 Å². The Morgan fingerprint density at radius 3 is 1.49 bits per heavy atom. The van der Waals surface area contributed by atoms with Gasteiger partial charge in [0.1, 0.15) is 11.5 Å². The van der Waals surface area contributed by atoms with Crippen molar-refractivity contribution in [2.24, 2.45) is 20.4 Å². The van der Waals surface area contributed by atoms with Crippen LogP contribution in [0.25, 0.3) is 0 Å². The topological polar surface area (TPSA) is 67.9 Å². The highest BCUT2D eigenvalue weighted by molar-refractivity contribution is 7.12. The second kappa shape index (κ2) is 12.5. The molecular weight excluding hydrogens is 517 g/mol. The van der Waals surface area contributed by atoms with Gasteiger partial charge in [0.15, 0.2) is 0 Å². The molecule has 0 unspecified atom stereocenters. The van der Waals surface area contributed by atoms with Crippen LogP contribution in [0.4, 0.5) is 0 Å². The average molecular weight is 545 g/mol. The highest BCUT2D eigenvalue weighted by Gasteiger charge is 2.30. The van der Waals surface area contributed by atoms with Crippen molar-refractivity contribution < 1.29 is 8.85 Å². The standard InChI is InChI=1S/C28H28N4O2S2Si/c1-21(27-15-9-17-35-27)31-29-19-23-11-5-7-13-25(23)33-37(3,4)34-26-14-8-6-12-24(26)20-30-32-22(2)28-16-10-18-36-28/h5-20H,1-4H3/b29-19+,30-20+,31-21+,32-22+. The van der Waals surface area contributed by atoms with Crippen molar-refractivity contribution in [2.75, 3.05) is 0 Å². The Hall–Kier alpha value is -3.66. The van der Waals surface area contributed by atoms with Crippen LogP contribution >= 0.6 is 22.7 Å². The molecule has 4 aromatic rings. The van der Waals surface area contributed by atoms with Crippen LogP contribution in [-0.4, -0.2) is 32.4 Å². The summed E-state index contributed by atoms with van der Waals surface area (Å²) >= 11 is 3.28. The van der Waals surface area contributed by atoms with Gasteiger partial charge in [0.2, 0.25) is 0 Å². The van der Waals surface area contributed by atoms with E-state index in [4.69, 9.17) is 8.85 Å². The molecule has 4 rings (SSSR count). The number of benzene rings is 2. The van der Waals surface area contributed by atoms with E-state index >= 15 is 0 Å². The van der Waals surface area contributed by atoms with E-state index in [0.717, 1.165) is 32.3 Å². The van der Waals surface area contributed by atoms with E-state index in [9.17, 15) is 0 Å². The summed E-state index contributed by atoms with van der Waals surface area (Å²) in [5.74, 6) is 1.41. The van der Waals surface area contributed by atoms with E-state index in [1.807, 2.05) is 110 Å². The fraction of sp³-hybridized carbons (Fsp3) is 0.143. The van der Waals surface area contributed by atoms with E-state index in [1.54, 1.807) is 35.1 Å². The minimum atomic E-state index is -2.65. The Morgan fingerprint density at radius 2 is 1.08 bits per heavy atom. The zero-order valence-electron chi connectivity index (χ0n) is 21.2. The lowest BCUT2D eigenvalue weighted by molar-refractivity contribution is 0.399. The van der Waals surface area contributed by atoms with Gasteiger partial charge in [0.25, 0.3) is 0 Å². The van der Waals surface area contributed by atoms with Crippen LogP contribution in [0.2, 0.25) is 13.1 Å². The fourth-order valence-corrected chi connectivity index (χ4v) is 6.15. The molecule has 0 fully saturated rings. The molecular formula is C28H28N4O2S2Si. The number of hydrogen-bond acceptors (Lipinski definition) is 8. The number of rotatable bonds is 10. The summed E-state index contributed by atoms with van der Waals surface area (Å²) in [6.45, 7) is 7.91. The molecule has 6 nitrogen and oxygen atoms in total. The summed E-state index contributed by atoms with van der Waals surface area (Å²) in [5.41, 5.74) is 3.41. The van der Waals surface area contributed by atoms with E-state index in [-0.39, 0.29) is 0 Å². The van der Waals surface area contributed by atoms with Gasteiger partial charge < -0.3 is 8.85 Å². The molecule has 0 amide bonds. The van der Waals surface area contributed by atoms with Crippen LogP contribution in [0.15, 0.2) is 104 Å². The van der Waals surface area contributed by atoms with Crippen LogP contribution in [-0.2, 0) is 0 Å². The predicted molar refractivity (Wildman–Crippen MR) is 160 cm³/mol. The molecule has 0 aliphatic carbocycles. The number of hydrogen-bond donors (Lipinski definition) is 0. The number of thiophene rings is 2. The summed E-state index contributed by atoms with van der Waals surface area (Å²) in [7, 11) is -2.65. The lowest BCUT2D eigenvalue weighted by atomic mass is 10.2. The number of para-hydroxylation sites is 2. The zero-order valence-corrected chi connectivity index (χ0v) is 23.8. The molecule has 188 valence electrons. The molecule has 2 aromatic heterocycles. The Balaban J connectivity index is 1.47. The van der Waals surface area contributed by atoms with Gasteiger partial charge in [0.05, 0.1) is 33.6 Å². The molecule has 0 radical (unpaired) electrons. The molecule has 0 atom stereocenters. The maximum atomic E-state index is 6.42. The van der Waals surface area contributed by atoms with Crippen LogP contribution in [0.5, 0.6) is 11.5 Å². The average Bonchev–Trinajstić information content (AvgIpc) is 3.61. The maximum absolute atomic E-state index is 6.42. The Bertz CT molecular complexity index is 1320. The van der Waals surface area contributed by atoms with Crippen LogP contribution in [0.3, 0.4) is 0 Å². The van der Waals surface area contributed by atoms with E-state index in [2.05, 4.69) is 20.4 Å². The molecule has 0 saturated heterocycles. The smallest absolute Gasteiger partial charge is 0.454 e. The fourth-order valence-electron chi connectivity index (χ4n) is 3.33. The van der Waals surface area contributed by atoms with Gasteiger partial charge in [0, 0.05) is 24.2 Å². The molecule has 9 heteroatoms. The minimum absolute atomic E-state index is 0.703. The van der Waals surface area contributed by atoms with Gasteiger partial charge in [-0.05, 0) is 61.0 Å². The van der Waals surface area contributed by atoms with Crippen molar-refractivity contribution in [2.45, 2.75) is 26.9 Å². The zero-order chi connectivity index (χ0) is 26.1. The lowest BCUT2D eigenvalue weighted by Crippen LogP contribution is -2.42. The van der Waals surface area contributed by atoms with Crippen LogP contribution < -0.4 is 8.85 Å². The molecule has 0 aliphatic heterocycles. The monoisotopic (exact) mass is 544 g/mol. The van der Waals surface area contributed by atoms with Gasteiger partial charge in [-0.3, -0.25) is 0 Å². The van der Waals surface area contributed by atoms with Crippen LogP contribution in [0.1, 0.15) is 34.7 Å². The SMILES string of the molecule is C/C(=N\N=C\c1ccccc1O[Si](C)(C)Oc1ccccc1/C=N/N=C(\C)c1cccs1)c1cccs1. The Morgan fingerprint density at radius 1 is 0.649 bits per heavy atom. The van der Waals surface area contributed by atoms with Crippen LogP contribution in [0, 0.1) is 0 Å². The molecule has 2 heterocycles. The summed E-state index contributed by atoms with van der Waals surface area (Å²) in [6, 6.07) is 23.6. The Kier molecular flexibility index (Phi) is 8.94. The van der Waals surface area contributed by atoms with Gasteiger partial charge in [-0.25, -0.2) is 0 Å². The van der Waals surface area contributed by atoms with Crippen molar-refractivity contribution >= 4 is 55.1 Å². The number of nitrogens with zero attached hydrogens (tertiary/aromatic N) is 4. The first-order valence-corrected chi connectivity index (χ1v) is 16.3. The quantitative estimate of drug-likeness (QED) is 0.117. The van der Waals surface area contributed by atoms with E-state index < -0.39 is 8.56 Å². The second-order valence-corrected chi connectivity index (χ2v) is 13.6. The summed E-state index contributed by atoms with van der Waals surface area (Å²) < 4.78 is 12.8. The van der Waals surface area contributed by atoms with Gasteiger partial charge in [-0.2, -0.15) is 20.4 Å². The van der Waals surface area contributed by atoms with Gasteiger partial charge in [-0.15, -0.1) is 22.7 Å². The summed E-state index contributed by atoms with van der Waals surface area (Å²) in [5, 5.41) is 21.3. The first-order chi connectivity index (χ1) is 17.9. The van der Waals surface area contributed by atoms with E-state index in [1.165, 1.54) is 0 Å². The van der Waals surface area contributed by atoms with E-state index in [0.29, 0.717) is 11.5 Å². The molecule has 0 bridgehead atoms. The van der Waals surface area contributed by atoms with Crippen molar-refractivity contribution in [3.63, 3.8) is 0 Å². The maximum Gasteiger partial charge on any atom is 0.454 e. The molecule has 0 aliphatic rings. The largest absolute Gasteiger partial charge is 0.512 e. The summed E-state index contributed by atoms with van der Waals surface area (Å²) in [6.07, 6.45) is 3.43. The van der Waals surface area contributed by atoms with Gasteiger partial charge >= 0.3 is 8.56 Å². The Labute approximate surface area is 226 Å². The van der Waals surface area contributed by atoms with Crippen molar-refractivity contribution in [1.82, 2.24) is 0 Å². The molecule has 37 heavy (non-hydrogen) atoms. The minimum Gasteiger partial charge on any atom is -0.512 e. The van der Waals surface area contributed by atoms with Crippen molar-refractivity contribution in [3.05, 3.63) is 104 Å². The first-order valence-electron chi connectivity index (χ1n) is 11.7. The molecule has 0 spiro atoms. The summed E-state index contributed by atoms with van der Waals surface area (Å²) in [4.78, 5) is 2.19. The van der Waals surface area contributed by atoms with Crippen molar-refractivity contribution in [1.29, 1.82) is 0 Å². The third-order valence-electron chi connectivity index (χ3n) is 5.11. The lowest BCUT2D eigenvalue weighted by Gasteiger charge is -2.26. The first kappa shape index (κ1) is 26.4. The molecule has 0 saturated carbocycles.